The second-order valence-corrected chi connectivity index (χ2v) is 7.28. The summed E-state index contributed by atoms with van der Waals surface area (Å²) in [4.78, 5) is 28.9. The highest BCUT2D eigenvalue weighted by Crippen LogP contribution is 2.27. The first kappa shape index (κ1) is 20.7. The third kappa shape index (κ3) is 5.21. The van der Waals surface area contributed by atoms with Crippen molar-refractivity contribution in [2.24, 2.45) is 11.7 Å². The molecule has 1 aromatic rings. The third-order valence-corrected chi connectivity index (χ3v) is 5.54. The summed E-state index contributed by atoms with van der Waals surface area (Å²) >= 11 is 0. The van der Waals surface area contributed by atoms with Crippen molar-refractivity contribution in [3.05, 3.63) is 35.4 Å². The lowest BCUT2D eigenvalue weighted by Crippen LogP contribution is -2.50. The molecule has 1 heterocycles. The van der Waals surface area contributed by atoms with Crippen molar-refractivity contribution in [3.63, 3.8) is 0 Å². The number of nitrogens with zero attached hydrogens (tertiary/aromatic N) is 2. The first-order chi connectivity index (χ1) is 12.2. The average Bonchev–Trinajstić information content (AvgIpc) is 2.68. The minimum Gasteiger partial charge on any atom is -0.339 e. The number of benzene rings is 1. The van der Waals surface area contributed by atoms with E-state index in [1.165, 1.54) is 32.1 Å². The predicted octanol–water partition coefficient (Wildman–Crippen LogP) is 2.82. The Morgan fingerprint density at radius 1 is 0.923 bits per heavy atom. The molecule has 0 unspecified atom stereocenters. The van der Waals surface area contributed by atoms with E-state index >= 15 is 0 Å². The Balaban J connectivity index is 0.00000243. The number of hydrogen-bond acceptors (Lipinski definition) is 3. The van der Waals surface area contributed by atoms with Crippen LogP contribution in [0.1, 0.15) is 54.4 Å². The molecule has 0 aromatic heterocycles. The van der Waals surface area contributed by atoms with Crippen LogP contribution in [-0.2, 0) is 11.3 Å². The second-order valence-electron chi connectivity index (χ2n) is 7.28. The molecule has 6 heteroatoms. The van der Waals surface area contributed by atoms with Crippen LogP contribution in [0, 0.1) is 5.92 Å². The van der Waals surface area contributed by atoms with E-state index in [1.54, 1.807) is 0 Å². The molecular weight excluding hydrogens is 350 g/mol. The number of halogens is 1. The van der Waals surface area contributed by atoms with Crippen molar-refractivity contribution in [1.82, 2.24) is 9.80 Å². The van der Waals surface area contributed by atoms with E-state index in [-0.39, 0.29) is 24.2 Å². The molecule has 1 aliphatic carbocycles. The second kappa shape index (κ2) is 9.93. The van der Waals surface area contributed by atoms with Gasteiger partial charge in [-0.05, 0) is 36.5 Å². The van der Waals surface area contributed by atoms with Crippen LogP contribution in [0.4, 0.5) is 0 Å². The minimum atomic E-state index is 0. The third-order valence-electron chi connectivity index (χ3n) is 5.54. The highest BCUT2D eigenvalue weighted by molar-refractivity contribution is 5.94. The minimum absolute atomic E-state index is 0. The normalized spacial score (nSPS) is 18.3. The molecule has 5 nitrogen and oxygen atoms in total. The summed E-state index contributed by atoms with van der Waals surface area (Å²) in [6, 6.07) is 7.48. The maximum atomic E-state index is 12.6. The van der Waals surface area contributed by atoms with Gasteiger partial charge in [0.25, 0.3) is 5.91 Å². The van der Waals surface area contributed by atoms with Gasteiger partial charge in [0, 0.05) is 44.7 Å². The number of carbonyl (C=O) groups excluding carboxylic acids is 2. The summed E-state index contributed by atoms with van der Waals surface area (Å²) in [5, 5.41) is 0. The molecule has 26 heavy (non-hydrogen) atoms. The van der Waals surface area contributed by atoms with Crippen molar-refractivity contribution in [3.8, 4) is 0 Å². The van der Waals surface area contributed by atoms with Crippen LogP contribution >= 0.6 is 12.4 Å². The summed E-state index contributed by atoms with van der Waals surface area (Å²) in [5.74, 6) is 0.885. The number of amides is 2. The molecule has 0 atom stereocenters. The van der Waals surface area contributed by atoms with Crippen LogP contribution in [0.3, 0.4) is 0 Å². The molecule has 0 spiro atoms. The standard InChI is InChI=1S/C20H29N3O2.ClH/c21-15-17-6-8-18(9-7-17)20(25)23-12-10-22(11-13-23)19(24)14-16-4-2-1-3-5-16;/h6-9,16H,1-5,10-15,21H2;1H. The molecule has 1 aromatic carbocycles. The van der Waals surface area contributed by atoms with Crippen molar-refractivity contribution in [2.75, 3.05) is 26.2 Å². The molecule has 1 saturated heterocycles. The molecule has 1 aliphatic heterocycles. The Labute approximate surface area is 162 Å². The van der Waals surface area contributed by atoms with E-state index in [2.05, 4.69) is 0 Å². The molecule has 3 rings (SSSR count). The molecule has 0 radical (unpaired) electrons. The van der Waals surface area contributed by atoms with Crippen LogP contribution < -0.4 is 5.73 Å². The lowest BCUT2D eigenvalue weighted by Gasteiger charge is -2.35. The summed E-state index contributed by atoms with van der Waals surface area (Å²) in [6.45, 7) is 3.02. The first-order valence-electron chi connectivity index (χ1n) is 9.53. The summed E-state index contributed by atoms with van der Waals surface area (Å²) in [7, 11) is 0. The highest BCUT2D eigenvalue weighted by Gasteiger charge is 2.26. The maximum absolute atomic E-state index is 12.6. The zero-order valence-electron chi connectivity index (χ0n) is 15.4. The van der Waals surface area contributed by atoms with Crippen LogP contribution in [0.5, 0.6) is 0 Å². The van der Waals surface area contributed by atoms with Gasteiger partial charge in [0.05, 0.1) is 0 Å². The van der Waals surface area contributed by atoms with E-state index in [0.29, 0.717) is 50.6 Å². The molecule has 2 N–H and O–H groups in total. The molecule has 2 aliphatic rings. The van der Waals surface area contributed by atoms with Crippen molar-refractivity contribution >= 4 is 24.2 Å². The van der Waals surface area contributed by atoms with E-state index in [1.807, 2.05) is 34.1 Å². The largest absolute Gasteiger partial charge is 0.339 e. The smallest absolute Gasteiger partial charge is 0.253 e. The van der Waals surface area contributed by atoms with Gasteiger partial charge in [-0.25, -0.2) is 0 Å². The molecular formula is C20H30ClN3O2. The van der Waals surface area contributed by atoms with E-state index < -0.39 is 0 Å². The number of rotatable bonds is 4. The highest BCUT2D eigenvalue weighted by atomic mass is 35.5. The lowest BCUT2D eigenvalue weighted by molar-refractivity contribution is -0.133. The Morgan fingerprint density at radius 2 is 1.50 bits per heavy atom. The Hall–Kier alpha value is -1.59. The van der Waals surface area contributed by atoms with Crippen LogP contribution in [0.25, 0.3) is 0 Å². The van der Waals surface area contributed by atoms with Crippen molar-refractivity contribution in [2.45, 2.75) is 45.1 Å². The van der Waals surface area contributed by atoms with Gasteiger partial charge < -0.3 is 15.5 Å². The van der Waals surface area contributed by atoms with Gasteiger partial charge in [-0.3, -0.25) is 9.59 Å². The molecule has 144 valence electrons. The van der Waals surface area contributed by atoms with Gasteiger partial charge in [-0.15, -0.1) is 12.4 Å². The molecule has 0 bridgehead atoms. The molecule has 2 fully saturated rings. The maximum Gasteiger partial charge on any atom is 0.253 e. The number of piperazine rings is 1. The summed E-state index contributed by atoms with van der Waals surface area (Å²) < 4.78 is 0. The fraction of sp³-hybridized carbons (Fsp3) is 0.600. The van der Waals surface area contributed by atoms with Gasteiger partial charge >= 0.3 is 0 Å². The first-order valence-corrected chi connectivity index (χ1v) is 9.53. The number of hydrogen-bond donors (Lipinski definition) is 1. The summed E-state index contributed by atoms with van der Waals surface area (Å²) in [6.07, 6.45) is 6.94. The number of carbonyl (C=O) groups is 2. The molecule has 2 amide bonds. The Morgan fingerprint density at radius 3 is 2.08 bits per heavy atom. The van der Waals surface area contributed by atoms with E-state index in [4.69, 9.17) is 5.73 Å². The van der Waals surface area contributed by atoms with Gasteiger partial charge in [-0.2, -0.15) is 0 Å². The van der Waals surface area contributed by atoms with Crippen LogP contribution in [0.2, 0.25) is 0 Å². The quantitative estimate of drug-likeness (QED) is 0.874. The fourth-order valence-corrected chi connectivity index (χ4v) is 3.89. The van der Waals surface area contributed by atoms with Gasteiger partial charge in [0.1, 0.15) is 0 Å². The van der Waals surface area contributed by atoms with Crippen molar-refractivity contribution < 1.29 is 9.59 Å². The number of nitrogens with two attached hydrogens (primary N) is 1. The fourth-order valence-electron chi connectivity index (χ4n) is 3.89. The monoisotopic (exact) mass is 379 g/mol. The van der Waals surface area contributed by atoms with Gasteiger partial charge in [-0.1, -0.05) is 31.4 Å². The predicted molar refractivity (Wildman–Crippen MR) is 105 cm³/mol. The van der Waals surface area contributed by atoms with Crippen LogP contribution in [0.15, 0.2) is 24.3 Å². The Kier molecular flexibility index (Phi) is 7.91. The Bertz CT molecular complexity index is 592. The topological polar surface area (TPSA) is 66.6 Å². The van der Waals surface area contributed by atoms with Gasteiger partial charge in [0.15, 0.2) is 0 Å². The van der Waals surface area contributed by atoms with E-state index in [0.717, 1.165) is 5.56 Å². The van der Waals surface area contributed by atoms with Crippen LogP contribution in [-0.4, -0.2) is 47.8 Å². The lowest BCUT2D eigenvalue weighted by atomic mass is 9.86. The van der Waals surface area contributed by atoms with E-state index in [9.17, 15) is 9.59 Å². The SMILES string of the molecule is Cl.NCc1ccc(C(=O)N2CCN(C(=O)CC3CCCCC3)CC2)cc1. The zero-order chi connectivity index (χ0) is 17.6. The van der Waals surface area contributed by atoms with Crippen molar-refractivity contribution in [1.29, 1.82) is 0 Å². The zero-order valence-corrected chi connectivity index (χ0v) is 16.2. The summed E-state index contributed by atoms with van der Waals surface area (Å²) in [5.41, 5.74) is 7.31. The molecule has 1 saturated carbocycles. The van der Waals surface area contributed by atoms with Gasteiger partial charge in [0.2, 0.25) is 5.91 Å². The average molecular weight is 380 g/mol.